The van der Waals surface area contributed by atoms with E-state index in [-0.39, 0.29) is 6.04 Å². The van der Waals surface area contributed by atoms with Crippen LogP contribution in [0.4, 0.5) is 0 Å². The Morgan fingerprint density at radius 3 is 2.43 bits per heavy atom. The van der Waals surface area contributed by atoms with E-state index in [0.29, 0.717) is 6.10 Å². The van der Waals surface area contributed by atoms with Crippen molar-refractivity contribution in [2.75, 3.05) is 0 Å². The van der Waals surface area contributed by atoms with Crippen molar-refractivity contribution in [3.8, 4) is 5.75 Å². The first kappa shape index (κ1) is 16.8. The van der Waals surface area contributed by atoms with Gasteiger partial charge in [-0.15, -0.1) is 0 Å². The molecular weight excluding hydrogens is 326 g/mol. The second-order valence-electron chi connectivity index (χ2n) is 7.05. The third kappa shape index (κ3) is 4.72. The molecule has 0 aliphatic heterocycles. The van der Waals surface area contributed by atoms with Crippen LogP contribution in [0.1, 0.15) is 51.2 Å². The van der Waals surface area contributed by atoms with Gasteiger partial charge in [-0.3, -0.25) is 0 Å². The molecule has 118 valence electrons. The number of nitrogens with two attached hydrogens (primary N) is 1. The third-order valence-electron chi connectivity index (χ3n) is 4.28. The lowest BCUT2D eigenvalue weighted by molar-refractivity contribution is 0.0993. The maximum Gasteiger partial charge on any atom is 0.125 e. The van der Waals surface area contributed by atoms with Gasteiger partial charge in [0.2, 0.25) is 0 Å². The molecule has 0 radical (unpaired) electrons. The fraction of sp³-hybridized carbons (Fsp3) is 0.667. The molecule has 3 heteroatoms. The molecule has 0 aromatic heterocycles. The Morgan fingerprint density at radius 1 is 1.24 bits per heavy atom. The van der Waals surface area contributed by atoms with E-state index in [1.807, 2.05) is 6.92 Å². The van der Waals surface area contributed by atoms with Gasteiger partial charge < -0.3 is 10.5 Å². The van der Waals surface area contributed by atoms with Gasteiger partial charge in [0.1, 0.15) is 5.75 Å². The van der Waals surface area contributed by atoms with Gasteiger partial charge in [-0.1, -0.05) is 29.8 Å². The Kier molecular flexibility index (Phi) is 5.73. The Labute approximate surface area is 137 Å². The van der Waals surface area contributed by atoms with Crippen molar-refractivity contribution in [3.05, 3.63) is 27.7 Å². The van der Waals surface area contributed by atoms with E-state index in [2.05, 4.69) is 48.8 Å². The first-order valence-corrected chi connectivity index (χ1v) is 8.85. The molecule has 1 aliphatic carbocycles. The van der Waals surface area contributed by atoms with Crippen LogP contribution in [0.25, 0.3) is 0 Å². The van der Waals surface area contributed by atoms with Crippen molar-refractivity contribution in [1.29, 1.82) is 0 Å². The summed E-state index contributed by atoms with van der Waals surface area (Å²) in [5.41, 5.74) is 8.42. The van der Waals surface area contributed by atoms with Gasteiger partial charge in [-0.2, -0.15) is 0 Å². The van der Waals surface area contributed by atoms with E-state index >= 15 is 0 Å². The molecule has 1 aromatic carbocycles. The monoisotopic (exact) mass is 353 g/mol. The van der Waals surface area contributed by atoms with Crippen LogP contribution in [0.3, 0.4) is 0 Å². The Bertz CT molecular complexity index is 476. The number of hydrogen-bond donors (Lipinski definition) is 1. The van der Waals surface area contributed by atoms with Crippen LogP contribution in [-0.4, -0.2) is 12.1 Å². The molecule has 3 atom stereocenters. The summed E-state index contributed by atoms with van der Waals surface area (Å²) in [7, 11) is 0. The number of halogens is 1. The lowest BCUT2D eigenvalue weighted by Gasteiger charge is -2.33. The minimum atomic E-state index is 0.144. The normalized spacial score (nSPS) is 27.4. The van der Waals surface area contributed by atoms with E-state index in [1.165, 1.54) is 17.5 Å². The lowest BCUT2D eigenvalue weighted by atomic mass is 9.81. The predicted octanol–water partition coefficient (Wildman–Crippen LogP) is 4.85. The summed E-state index contributed by atoms with van der Waals surface area (Å²) in [5, 5.41) is 0. The first-order chi connectivity index (χ1) is 9.85. The highest BCUT2D eigenvalue weighted by Crippen LogP contribution is 2.35. The largest absolute Gasteiger partial charge is 0.490 e. The Hall–Kier alpha value is -0.540. The molecule has 1 aromatic rings. The van der Waals surface area contributed by atoms with Gasteiger partial charge in [0.25, 0.3) is 0 Å². The third-order valence-corrected chi connectivity index (χ3v) is 4.74. The SMILES string of the molecule is Cc1cc(Br)cc(CC(C)N)c1OC1CC(C)CC(C)C1. The average Bonchev–Trinajstić information content (AvgIpc) is 2.31. The molecule has 2 N–H and O–H groups in total. The summed E-state index contributed by atoms with van der Waals surface area (Å²) in [5.74, 6) is 2.57. The van der Waals surface area contributed by atoms with E-state index in [0.717, 1.165) is 41.3 Å². The van der Waals surface area contributed by atoms with Gasteiger partial charge in [0.15, 0.2) is 0 Å². The second-order valence-corrected chi connectivity index (χ2v) is 7.97. The summed E-state index contributed by atoms with van der Waals surface area (Å²) in [4.78, 5) is 0. The Balaban J connectivity index is 2.21. The smallest absolute Gasteiger partial charge is 0.125 e. The molecule has 1 fully saturated rings. The molecule has 2 nitrogen and oxygen atoms in total. The Morgan fingerprint density at radius 2 is 1.86 bits per heavy atom. The minimum Gasteiger partial charge on any atom is -0.490 e. The van der Waals surface area contributed by atoms with Crippen LogP contribution >= 0.6 is 15.9 Å². The van der Waals surface area contributed by atoms with Crippen LogP contribution in [0.5, 0.6) is 5.75 Å². The second kappa shape index (κ2) is 7.15. The molecule has 0 heterocycles. The van der Waals surface area contributed by atoms with Crippen LogP contribution in [-0.2, 0) is 6.42 Å². The lowest BCUT2D eigenvalue weighted by Crippen LogP contribution is -2.29. The minimum absolute atomic E-state index is 0.144. The van der Waals surface area contributed by atoms with Crippen LogP contribution in [0.15, 0.2) is 16.6 Å². The van der Waals surface area contributed by atoms with E-state index in [1.54, 1.807) is 0 Å². The number of ether oxygens (including phenoxy) is 1. The maximum absolute atomic E-state index is 6.44. The molecule has 1 saturated carbocycles. The summed E-state index contributed by atoms with van der Waals surface area (Å²) in [6, 6.07) is 4.43. The highest BCUT2D eigenvalue weighted by molar-refractivity contribution is 9.10. The molecular formula is C18H28BrNO. The zero-order valence-electron chi connectivity index (χ0n) is 13.7. The van der Waals surface area contributed by atoms with Crippen molar-refractivity contribution in [2.45, 2.75) is 65.5 Å². The molecule has 1 aliphatic rings. The molecule has 0 bridgehead atoms. The highest BCUT2D eigenvalue weighted by atomic mass is 79.9. The molecule has 0 spiro atoms. The van der Waals surface area contributed by atoms with Gasteiger partial charge in [0, 0.05) is 10.5 Å². The quantitative estimate of drug-likeness (QED) is 0.839. The number of rotatable bonds is 4. The summed E-state index contributed by atoms with van der Waals surface area (Å²) in [6.45, 7) is 8.85. The standard InChI is InChI=1S/C18H28BrNO/c1-11-5-12(2)7-17(6-11)21-18-13(3)8-16(19)10-15(18)9-14(4)20/h8,10-12,14,17H,5-7,9,20H2,1-4H3. The van der Waals surface area contributed by atoms with E-state index in [9.17, 15) is 0 Å². The summed E-state index contributed by atoms with van der Waals surface area (Å²) in [6.07, 6.45) is 4.85. The topological polar surface area (TPSA) is 35.2 Å². The predicted molar refractivity (Wildman–Crippen MR) is 92.8 cm³/mol. The van der Waals surface area contributed by atoms with Crippen molar-refractivity contribution in [2.24, 2.45) is 17.6 Å². The number of aryl methyl sites for hydroxylation is 1. The highest BCUT2D eigenvalue weighted by Gasteiger charge is 2.26. The van der Waals surface area contributed by atoms with Crippen molar-refractivity contribution in [3.63, 3.8) is 0 Å². The summed E-state index contributed by atoms with van der Waals surface area (Å²) < 4.78 is 7.54. The zero-order chi connectivity index (χ0) is 15.6. The van der Waals surface area contributed by atoms with Gasteiger partial charge in [-0.25, -0.2) is 0 Å². The van der Waals surface area contributed by atoms with Gasteiger partial charge in [-0.05, 0) is 74.6 Å². The van der Waals surface area contributed by atoms with E-state index in [4.69, 9.17) is 10.5 Å². The zero-order valence-corrected chi connectivity index (χ0v) is 15.2. The van der Waals surface area contributed by atoms with Gasteiger partial charge in [0.05, 0.1) is 6.10 Å². The number of hydrogen-bond acceptors (Lipinski definition) is 2. The van der Waals surface area contributed by atoms with Crippen molar-refractivity contribution >= 4 is 15.9 Å². The fourth-order valence-electron chi connectivity index (χ4n) is 3.60. The van der Waals surface area contributed by atoms with Crippen LogP contribution in [0.2, 0.25) is 0 Å². The van der Waals surface area contributed by atoms with Crippen LogP contribution in [0, 0.1) is 18.8 Å². The number of benzene rings is 1. The van der Waals surface area contributed by atoms with Crippen molar-refractivity contribution < 1.29 is 4.74 Å². The van der Waals surface area contributed by atoms with E-state index < -0.39 is 0 Å². The fourth-order valence-corrected chi connectivity index (χ4v) is 4.22. The van der Waals surface area contributed by atoms with Crippen molar-refractivity contribution in [1.82, 2.24) is 0 Å². The molecule has 2 rings (SSSR count). The first-order valence-electron chi connectivity index (χ1n) is 8.06. The van der Waals surface area contributed by atoms with Gasteiger partial charge >= 0.3 is 0 Å². The molecule has 0 amide bonds. The average molecular weight is 354 g/mol. The van der Waals surface area contributed by atoms with Crippen LogP contribution < -0.4 is 10.5 Å². The summed E-state index contributed by atoms with van der Waals surface area (Å²) >= 11 is 3.59. The maximum atomic E-state index is 6.44. The molecule has 3 unspecified atom stereocenters. The molecule has 21 heavy (non-hydrogen) atoms. The molecule has 0 saturated heterocycles.